The molecule has 0 bridgehead atoms. The number of nitrogen functional groups attached to an aromatic ring is 1. The van der Waals surface area contributed by atoms with Crippen molar-refractivity contribution in [2.24, 2.45) is 0 Å². The molecule has 3 N–H and O–H groups in total. The van der Waals surface area contributed by atoms with Crippen molar-refractivity contribution in [1.29, 1.82) is 0 Å². The number of pyridine rings is 1. The van der Waals surface area contributed by atoms with E-state index in [-0.39, 0.29) is 5.82 Å². The molecule has 0 amide bonds. The second-order valence-corrected chi connectivity index (χ2v) is 3.83. The van der Waals surface area contributed by atoms with E-state index < -0.39 is 0 Å². The lowest BCUT2D eigenvalue weighted by Gasteiger charge is -2.07. The van der Waals surface area contributed by atoms with Gasteiger partial charge in [-0.1, -0.05) is 28.4 Å². The number of rotatable bonds is 3. The van der Waals surface area contributed by atoms with Gasteiger partial charge in [-0.3, -0.25) is 0 Å². The van der Waals surface area contributed by atoms with Crippen LogP contribution in [0, 0.1) is 0 Å². The number of hydrogen-bond acceptors (Lipinski definition) is 5. The molecule has 0 atom stereocenters. The molecule has 0 aliphatic heterocycles. The Kier molecular flexibility index (Phi) is 3.17. The van der Waals surface area contributed by atoms with Gasteiger partial charge < -0.3 is 15.6 Å². The lowest BCUT2D eigenvalue weighted by atomic mass is 10.4. The zero-order chi connectivity index (χ0) is 11.5. The fraction of sp³-hybridized carbons (Fsp3) is 0.111. The van der Waals surface area contributed by atoms with E-state index in [4.69, 9.17) is 33.5 Å². The summed E-state index contributed by atoms with van der Waals surface area (Å²) in [5, 5.41) is 7.27. The highest BCUT2D eigenvalue weighted by Gasteiger charge is 2.07. The summed E-state index contributed by atoms with van der Waals surface area (Å²) in [7, 11) is 0. The Morgan fingerprint density at radius 2 is 2.19 bits per heavy atom. The minimum atomic E-state index is 0.228. The molecule has 0 aliphatic rings. The average Bonchev–Trinajstić information content (AvgIpc) is 2.74. The Hall–Kier alpha value is -1.46. The van der Waals surface area contributed by atoms with Gasteiger partial charge in [0.25, 0.3) is 0 Å². The first-order valence-corrected chi connectivity index (χ1v) is 5.17. The summed E-state index contributed by atoms with van der Waals surface area (Å²) in [4.78, 5) is 4.01. The lowest BCUT2D eigenvalue weighted by Crippen LogP contribution is -2.03. The quantitative estimate of drug-likeness (QED) is 0.885. The zero-order valence-corrected chi connectivity index (χ0v) is 9.59. The van der Waals surface area contributed by atoms with Gasteiger partial charge in [0.15, 0.2) is 5.76 Å². The van der Waals surface area contributed by atoms with Crippen LogP contribution in [0.15, 0.2) is 22.9 Å². The summed E-state index contributed by atoms with van der Waals surface area (Å²) in [5.74, 6) is 1.36. The third-order valence-electron chi connectivity index (χ3n) is 1.88. The third-order valence-corrected chi connectivity index (χ3v) is 2.47. The maximum atomic E-state index is 5.93. The van der Waals surface area contributed by atoms with Crippen LogP contribution in [0.1, 0.15) is 5.76 Å². The van der Waals surface area contributed by atoms with Crippen molar-refractivity contribution in [1.82, 2.24) is 10.1 Å². The summed E-state index contributed by atoms with van der Waals surface area (Å²) in [5.41, 5.74) is 5.56. The topological polar surface area (TPSA) is 77.0 Å². The largest absolute Gasteiger partial charge is 0.382 e. The molecular formula is C9H8Cl2N4O. The SMILES string of the molecule is Nc1nc(NCc2ccno2)c(Cl)cc1Cl. The van der Waals surface area contributed by atoms with Gasteiger partial charge in [-0.05, 0) is 6.07 Å². The van der Waals surface area contributed by atoms with Gasteiger partial charge in [0.05, 0.1) is 22.8 Å². The van der Waals surface area contributed by atoms with Crippen LogP contribution < -0.4 is 11.1 Å². The van der Waals surface area contributed by atoms with E-state index in [1.807, 2.05) is 0 Å². The molecule has 84 valence electrons. The Bertz CT molecular complexity index is 487. The van der Waals surface area contributed by atoms with Crippen molar-refractivity contribution in [2.75, 3.05) is 11.1 Å². The van der Waals surface area contributed by atoms with Crippen LogP contribution in [-0.2, 0) is 6.54 Å². The van der Waals surface area contributed by atoms with Crippen molar-refractivity contribution in [2.45, 2.75) is 6.54 Å². The molecule has 16 heavy (non-hydrogen) atoms. The summed E-state index contributed by atoms with van der Waals surface area (Å²) in [6.07, 6.45) is 1.56. The fourth-order valence-corrected chi connectivity index (χ4v) is 1.53. The number of nitrogens with two attached hydrogens (primary N) is 1. The van der Waals surface area contributed by atoms with Gasteiger partial charge in [-0.15, -0.1) is 0 Å². The lowest BCUT2D eigenvalue weighted by molar-refractivity contribution is 0.388. The van der Waals surface area contributed by atoms with E-state index in [9.17, 15) is 0 Å². The van der Waals surface area contributed by atoms with Crippen LogP contribution >= 0.6 is 23.2 Å². The molecule has 2 aromatic rings. The molecule has 5 nitrogen and oxygen atoms in total. The Morgan fingerprint density at radius 3 is 2.88 bits per heavy atom. The number of hydrogen-bond donors (Lipinski definition) is 2. The second kappa shape index (κ2) is 4.59. The van der Waals surface area contributed by atoms with Crippen LogP contribution in [0.4, 0.5) is 11.6 Å². The first-order valence-electron chi connectivity index (χ1n) is 4.42. The molecule has 0 saturated heterocycles. The first kappa shape index (κ1) is 11.0. The number of nitrogens with one attached hydrogen (secondary N) is 1. The van der Waals surface area contributed by atoms with Gasteiger partial charge >= 0.3 is 0 Å². The first-order chi connectivity index (χ1) is 7.66. The third kappa shape index (κ3) is 2.37. The standard InChI is InChI=1S/C9H8Cl2N4O/c10-6-3-7(11)9(15-8(6)12)13-4-5-1-2-14-16-5/h1-3H,4H2,(H3,12,13,15). The minimum Gasteiger partial charge on any atom is -0.382 e. The summed E-state index contributed by atoms with van der Waals surface area (Å²) in [6, 6.07) is 3.27. The second-order valence-electron chi connectivity index (χ2n) is 3.02. The number of halogens is 2. The van der Waals surface area contributed by atoms with Gasteiger partial charge in [0.2, 0.25) is 0 Å². The number of anilines is 2. The Morgan fingerprint density at radius 1 is 1.38 bits per heavy atom. The predicted molar refractivity (Wildman–Crippen MR) is 62.5 cm³/mol. The molecule has 0 aliphatic carbocycles. The fourth-order valence-electron chi connectivity index (χ4n) is 1.11. The van der Waals surface area contributed by atoms with E-state index in [1.54, 1.807) is 12.3 Å². The molecule has 0 fully saturated rings. The zero-order valence-electron chi connectivity index (χ0n) is 8.08. The highest BCUT2D eigenvalue weighted by atomic mass is 35.5. The Balaban J connectivity index is 2.12. The smallest absolute Gasteiger partial charge is 0.155 e. The number of aromatic nitrogens is 2. The molecule has 0 unspecified atom stereocenters. The van der Waals surface area contributed by atoms with Crippen molar-refractivity contribution >= 4 is 34.8 Å². The van der Waals surface area contributed by atoms with E-state index in [0.29, 0.717) is 28.2 Å². The molecule has 0 radical (unpaired) electrons. The van der Waals surface area contributed by atoms with Crippen LogP contribution in [0.5, 0.6) is 0 Å². The molecule has 0 aromatic carbocycles. The van der Waals surface area contributed by atoms with Crippen LogP contribution in [0.3, 0.4) is 0 Å². The molecular weight excluding hydrogens is 251 g/mol. The number of nitrogens with zero attached hydrogens (tertiary/aromatic N) is 2. The molecule has 0 saturated carbocycles. The summed E-state index contributed by atoms with van der Waals surface area (Å²) < 4.78 is 4.91. The molecule has 0 spiro atoms. The van der Waals surface area contributed by atoms with Gasteiger partial charge in [0.1, 0.15) is 11.6 Å². The van der Waals surface area contributed by atoms with Crippen molar-refractivity contribution in [3.63, 3.8) is 0 Å². The highest BCUT2D eigenvalue weighted by Crippen LogP contribution is 2.27. The highest BCUT2D eigenvalue weighted by molar-refractivity contribution is 6.37. The molecule has 7 heteroatoms. The Labute approximate surface area is 102 Å². The van der Waals surface area contributed by atoms with Gasteiger partial charge in [0, 0.05) is 6.07 Å². The van der Waals surface area contributed by atoms with E-state index in [1.165, 1.54) is 6.07 Å². The average molecular weight is 259 g/mol. The maximum Gasteiger partial charge on any atom is 0.155 e. The van der Waals surface area contributed by atoms with Crippen molar-refractivity contribution < 1.29 is 4.52 Å². The normalized spacial score (nSPS) is 10.4. The van der Waals surface area contributed by atoms with Crippen LogP contribution in [0.2, 0.25) is 10.0 Å². The minimum absolute atomic E-state index is 0.228. The monoisotopic (exact) mass is 258 g/mol. The molecule has 2 aromatic heterocycles. The molecule has 2 rings (SSSR count). The van der Waals surface area contributed by atoms with E-state index >= 15 is 0 Å². The predicted octanol–water partition coefficient (Wildman–Crippen LogP) is 2.57. The van der Waals surface area contributed by atoms with Crippen LogP contribution in [0.25, 0.3) is 0 Å². The summed E-state index contributed by atoms with van der Waals surface area (Å²) in [6.45, 7) is 0.424. The van der Waals surface area contributed by atoms with Crippen LogP contribution in [-0.4, -0.2) is 10.1 Å². The van der Waals surface area contributed by atoms with Crippen molar-refractivity contribution in [3.8, 4) is 0 Å². The maximum absolute atomic E-state index is 5.93. The van der Waals surface area contributed by atoms with Gasteiger partial charge in [-0.25, -0.2) is 4.98 Å². The summed E-state index contributed by atoms with van der Waals surface area (Å²) >= 11 is 11.7. The van der Waals surface area contributed by atoms with Gasteiger partial charge in [-0.2, -0.15) is 0 Å². The van der Waals surface area contributed by atoms with E-state index in [2.05, 4.69) is 15.5 Å². The van der Waals surface area contributed by atoms with Crippen molar-refractivity contribution in [3.05, 3.63) is 34.1 Å². The van der Waals surface area contributed by atoms with E-state index in [0.717, 1.165) is 0 Å². The molecule has 2 heterocycles.